The van der Waals surface area contributed by atoms with Gasteiger partial charge in [-0.25, -0.2) is 4.79 Å². The van der Waals surface area contributed by atoms with Crippen molar-refractivity contribution in [3.8, 4) is 5.75 Å². The van der Waals surface area contributed by atoms with Gasteiger partial charge < -0.3 is 19.3 Å². The molecule has 6 nitrogen and oxygen atoms in total. The zero-order chi connectivity index (χ0) is 20.0. The summed E-state index contributed by atoms with van der Waals surface area (Å²) in [6.07, 6.45) is -0.861. The molecule has 1 aliphatic heterocycles. The molecule has 150 valence electrons. The number of carbonyl (C=O) groups excluding carboxylic acids is 2. The molecule has 0 aromatic heterocycles. The predicted octanol–water partition coefficient (Wildman–Crippen LogP) is 3.51. The minimum absolute atomic E-state index is 0.0573. The molecule has 2 amide bonds. The summed E-state index contributed by atoms with van der Waals surface area (Å²) in [6.45, 7) is 12.4. The van der Waals surface area contributed by atoms with Gasteiger partial charge in [0.15, 0.2) is 6.10 Å². The summed E-state index contributed by atoms with van der Waals surface area (Å²) in [4.78, 5) is 28.0. The van der Waals surface area contributed by atoms with E-state index in [1.54, 1.807) is 16.7 Å². The SMILES string of the molecule is CC(C)COC(=O)N1CCN(C(=O)C(C)Oc2ccc(C(C)C)cc2)CC1. The van der Waals surface area contributed by atoms with Crippen molar-refractivity contribution in [3.63, 3.8) is 0 Å². The Morgan fingerprint density at radius 1 is 0.926 bits per heavy atom. The maximum absolute atomic E-state index is 12.6. The van der Waals surface area contributed by atoms with Gasteiger partial charge in [0.1, 0.15) is 5.75 Å². The molecule has 1 heterocycles. The van der Waals surface area contributed by atoms with E-state index in [9.17, 15) is 9.59 Å². The van der Waals surface area contributed by atoms with Gasteiger partial charge in [0.25, 0.3) is 5.91 Å². The maximum Gasteiger partial charge on any atom is 0.409 e. The van der Waals surface area contributed by atoms with Gasteiger partial charge in [0.05, 0.1) is 6.61 Å². The van der Waals surface area contributed by atoms with E-state index in [2.05, 4.69) is 13.8 Å². The summed E-state index contributed by atoms with van der Waals surface area (Å²) >= 11 is 0. The molecule has 1 aliphatic rings. The molecule has 0 spiro atoms. The van der Waals surface area contributed by atoms with Crippen molar-refractivity contribution < 1.29 is 19.1 Å². The van der Waals surface area contributed by atoms with Crippen molar-refractivity contribution in [2.45, 2.75) is 46.6 Å². The van der Waals surface area contributed by atoms with Crippen LogP contribution >= 0.6 is 0 Å². The molecule has 1 fully saturated rings. The van der Waals surface area contributed by atoms with Crippen LogP contribution in [0.3, 0.4) is 0 Å². The van der Waals surface area contributed by atoms with Crippen molar-refractivity contribution in [1.29, 1.82) is 0 Å². The molecule has 2 rings (SSSR count). The maximum atomic E-state index is 12.6. The highest BCUT2D eigenvalue weighted by molar-refractivity contribution is 5.81. The van der Waals surface area contributed by atoms with Crippen molar-refractivity contribution in [2.75, 3.05) is 32.8 Å². The Kier molecular flexibility index (Phi) is 7.51. The van der Waals surface area contributed by atoms with E-state index in [1.165, 1.54) is 5.56 Å². The second kappa shape index (κ2) is 9.62. The number of hydrogen-bond acceptors (Lipinski definition) is 4. The van der Waals surface area contributed by atoms with Crippen LogP contribution in [-0.2, 0) is 9.53 Å². The summed E-state index contributed by atoms with van der Waals surface area (Å²) in [5.74, 6) is 1.40. The minimum Gasteiger partial charge on any atom is -0.481 e. The third kappa shape index (κ3) is 6.15. The lowest BCUT2D eigenvalue weighted by molar-refractivity contribution is -0.139. The largest absolute Gasteiger partial charge is 0.481 e. The topological polar surface area (TPSA) is 59.1 Å². The standard InChI is InChI=1S/C21H32N2O4/c1-15(2)14-26-21(25)23-12-10-22(11-13-23)20(24)17(5)27-19-8-6-18(7-9-19)16(3)4/h6-9,15-17H,10-14H2,1-5H3. The number of ether oxygens (including phenoxy) is 2. The van der Waals surface area contributed by atoms with Gasteiger partial charge in [0.2, 0.25) is 0 Å². The molecule has 0 N–H and O–H groups in total. The zero-order valence-electron chi connectivity index (χ0n) is 17.1. The second-order valence-electron chi connectivity index (χ2n) is 7.77. The average Bonchev–Trinajstić information content (AvgIpc) is 2.66. The first-order valence-electron chi connectivity index (χ1n) is 9.75. The quantitative estimate of drug-likeness (QED) is 0.762. The summed E-state index contributed by atoms with van der Waals surface area (Å²) < 4.78 is 11.1. The molecule has 0 saturated carbocycles. The summed E-state index contributed by atoms with van der Waals surface area (Å²) in [7, 11) is 0. The molecule has 1 aromatic rings. The lowest BCUT2D eigenvalue weighted by Gasteiger charge is -2.35. The Balaban J connectivity index is 1.81. The highest BCUT2D eigenvalue weighted by atomic mass is 16.6. The molecular formula is C21H32N2O4. The van der Waals surface area contributed by atoms with E-state index < -0.39 is 6.10 Å². The Morgan fingerprint density at radius 2 is 1.48 bits per heavy atom. The van der Waals surface area contributed by atoms with Crippen LogP contribution in [0.2, 0.25) is 0 Å². The lowest BCUT2D eigenvalue weighted by atomic mass is 10.0. The first kappa shape index (κ1) is 21.1. The molecule has 0 aliphatic carbocycles. The third-order valence-corrected chi connectivity index (χ3v) is 4.60. The first-order valence-corrected chi connectivity index (χ1v) is 9.75. The summed E-state index contributed by atoms with van der Waals surface area (Å²) in [5, 5.41) is 0. The molecule has 27 heavy (non-hydrogen) atoms. The van der Waals surface area contributed by atoms with Crippen LogP contribution in [0.1, 0.15) is 46.1 Å². The number of carbonyl (C=O) groups is 2. The zero-order valence-corrected chi connectivity index (χ0v) is 17.1. The third-order valence-electron chi connectivity index (χ3n) is 4.60. The predicted molar refractivity (Wildman–Crippen MR) is 105 cm³/mol. The Morgan fingerprint density at radius 3 is 2.00 bits per heavy atom. The number of hydrogen-bond donors (Lipinski definition) is 0. The monoisotopic (exact) mass is 376 g/mol. The highest BCUT2D eigenvalue weighted by Crippen LogP contribution is 2.20. The summed E-state index contributed by atoms with van der Waals surface area (Å²) in [5.41, 5.74) is 1.24. The molecule has 0 radical (unpaired) electrons. The van der Waals surface area contributed by atoms with Crippen LogP contribution in [0.15, 0.2) is 24.3 Å². The van der Waals surface area contributed by atoms with E-state index in [0.717, 1.165) is 0 Å². The Bertz CT molecular complexity index is 620. The van der Waals surface area contributed by atoms with Crippen LogP contribution in [0, 0.1) is 5.92 Å². The van der Waals surface area contributed by atoms with Crippen molar-refractivity contribution in [2.24, 2.45) is 5.92 Å². The summed E-state index contributed by atoms with van der Waals surface area (Å²) in [6, 6.07) is 7.86. The van der Waals surface area contributed by atoms with E-state index in [-0.39, 0.29) is 12.0 Å². The molecule has 1 atom stereocenters. The first-order chi connectivity index (χ1) is 12.8. The van der Waals surface area contributed by atoms with Crippen LogP contribution < -0.4 is 4.74 Å². The number of amides is 2. The fourth-order valence-corrected chi connectivity index (χ4v) is 2.88. The van der Waals surface area contributed by atoms with Gasteiger partial charge in [-0.3, -0.25) is 4.79 Å². The number of nitrogens with zero attached hydrogens (tertiary/aromatic N) is 2. The average molecular weight is 376 g/mol. The fraction of sp³-hybridized carbons (Fsp3) is 0.619. The lowest BCUT2D eigenvalue weighted by Crippen LogP contribution is -2.53. The fourth-order valence-electron chi connectivity index (χ4n) is 2.88. The van der Waals surface area contributed by atoms with Gasteiger partial charge in [-0.15, -0.1) is 0 Å². The molecular weight excluding hydrogens is 344 g/mol. The molecule has 0 bridgehead atoms. The van der Waals surface area contributed by atoms with Gasteiger partial charge in [-0.1, -0.05) is 39.8 Å². The molecule has 1 aromatic carbocycles. The molecule has 1 unspecified atom stereocenters. The van der Waals surface area contributed by atoms with Crippen molar-refractivity contribution in [1.82, 2.24) is 9.80 Å². The van der Waals surface area contributed by atoms with Crippen molar-refractivity contribution in [3.05, 3.63) is 29.8 Å². The van der Waals surface area contributed by atoms with Crippen LogP contribution in [0.5, 0.6) is 5.75 Å². The van der Waals surface area contributed by atoms with E-state index in [1.807, 2.05) is 38.1 Å². The van der Waals surface area contributed by atoms with Gasteiger partial charge in [-0.2, -0.15) is 0 Å². The smallest absolute Gasteiger partial charge is 0.409 e. The second-order valence-corrected chi connectivity index (χ2v) is 7.77. The van der Waals surface area contributed by atoms with Gasteiger partial charge in [0, 0.05) is 26.2 Å². The Labute approximate surface area is 162 Å². The highest BCUT2D eigenvalue weighted by Gasteiger charge is 2.28. The minimum atomic E-state index is -0.561. The van der Waals surface area contributed by atoms with Crippen molar-refractivity contribution >= 4 is 12.0 Å². The van der Waals surface area contributed by atoms with Gasteiger partial charge in [-0.05, 0) is 36.5 Å². The van der Waals surface area contributed by atoms with Crippen LogP contribution in [0.25, 0.3) is 0 Å². The van der Waals surface area contributed by atoms with E-state index in [4.69, 9.17) is 9.47 Å². The molecule has 1 saturated heterocycles. The van der Waals surface area contributed by atoms with E-state index in [0.29, 0.717) is 50.4 Å². The number of benzene rings is 1. The molecule has 6 heteroatoms. The number of piperazine rings is 1. The van der Waals surface area contributed by atoms with Gasteiger partial charge >= 0.3 is 6.09 Å². The number of rotatable bonds is 6. The van der Waals surface area contributed by atoms with Crippen LogP contribution in [-0.4, -0.2) is 60.7 Å². The normalized spacial score (nSPS) is 15.8. The van der Waals surface area contributed by atoms with E-state index >= 15 is 0 Å². The van der Waals surface area contributed by atoms with Crippen LogP contribution in [0.4, 0.5) is 4.79 Å². The Hall–Kier alpha value is -2.24.